The number of rotatable bonds is 3. The average Bonchev–Trinajstić information content (AvgIpc) is 3.10. The molecule has 10 nitrogen and oxygen atoms in total. The molecule has 0 bridgehead atoms. The Morgan fingerprint density at radius 1 is 1.46 bits per heavy atom. The smallest absolute Gasteiger partial charge is 0.386 e. The fraction of sp³-hybridized carbons (Fsp3) is 0.583. The first-order chi connectivity index (χ1) is 11.5. The number of nitrogens with zero attached hydrogens (tertiary/aromatic N) is 4. The van der Waals surface area contributed by atoms with Gasteiger partial charge in [-0.25, -0.2) is 19.5 Å². The van der Waals surface area contributed by atoms with E-state index in [1.807, 2.05) is 6.92 Å². The second-order valence-corrected chi connectivity index (χ2v) is 7.98. The molecule has 130 valence electrons. The first kappa shape index (κ1) is 16.4. The molecule has 3 unspecified atom stereocenters. The molecule has 2 aromatic rings. The van der Waals surface area contributed by atoms with E-state index in [9.17, 15) is 14.6 Å². The molecular formula is C12H15N4O6PS. The van der Waals surface area contributed by atoms with Crippen molar-refractivity contribution < 1.29 is 28.3 Å². The molecular weight excluding hydrogens is 359 g/mol. The average molecular weight is 374 g/mol. The largest absolute Gasteiger partial charge is 0.472 e. The third kappa shape index (κ3) is 2.66. The number of aromatic nitrogens is 4. The maximum absolute atomic E-state index is 11.5. The molecule has 4 rings (SSSR count). The van der Waals surface area contributed by atoms with Gasteiger partial charge in [0, 0.05) is 0 Å². The Morgan fingerprint density at radius 3 is 3.08 bits per heavy atom. The van der Waals surface area contributed by atoms with Crippen LogP contribution in [0.25, 0.3) is 11.2 Å². The summed E-state index contributed by atoms with van der Waals surface area (Å²) >= 11 is 1.54. The summed E-state index contributed by atoms with van der Waals surface area (Å²) in [4.78, 5) is 22.2. The predicted octanol–water partition coefficient (Wildman–Crippen LogP) is 0.712. The number of thioether (sulfide) groups is 1. The lowest BCUT2D eigenvalue weighted by Crippen LogP contribution is -2.39. The van der Waals surface area contributed by atoms with Gasteiger partial charge in [-0.15, -0.1) is 11.8 Å². The van der Waals surface area contributed by atoms with E-state index in [1.165, 1.54) is 24.4 Å². The van der Waals surface area contributed by atoms with Gasteiger partial charge in [0.2, 0.25) is 0 Å². The second-order valence-electron chi connectivity index (χ2n) is 5.33. The minimum Gasteiger partial charge on any atom is -0.386 e. The van der Waals surface area contributed by atoms with Crippen LogP contribution in [0.2, 0.25) is 0 Å². The van der Waals surface area contributed by atoms with Gasteiger partial charge in [-0.05, 0) is 5.75 Å². The fourth-order valence-corrected chi connectivity index (χ4v) is 4.46. The van der Waals surface area contributed by atoms with Gasteiger partial charge in [0.15, 0.2) is 11.9 Å². The molecule has 0 spiro atoms. The summed E-state index contributed by atoms with van der Waals surface area (Å²) in [6.45, 7) is 1.87. The second kappa shape index (κ2) is 6.03. The van der Waals surface area contributed by atoms with Crippen LogP contribution >= 0.6 is 19.6 Å². The summed E-state index contributed by atoms with van der Waals surface area (Å²) in [5, 5.41) is 11.2. The van der Waals surface area contributed by atoms with E-state index in [0.717, 1.165) is 10.8 Å². The van der Waals surface area contributed by atoms with E-state index in [-0.39, 0.29) is 6.61 Å². The first-order valence-corrected chi connectivity index (χ1v) is 9.78. The highest BCUT2D eigenvalue weighted by atomic mass is 32.2. The third-order valence-electron chi connectivity index (χ3n) is 3.85. The highest BCUT2D eigenvalue weighted by Crippen LogP contribution is 2.52. The fourth-order valence-electron chi connectivity index (χ4n) is 2.82. The highest BCUT2D eigenvalue weighted by molar-refractivity contribution is 7.99. The number of fused-ring (bicyclic) bond motifs is 2. The van der Waals surface area contributed by atoms with Crippen molar-refractivity contribution in [2.45, 2.75) is 36.5 Å². The van der Waals surface area contributed by atoms with E-state index in [1.54, 1.807) is 4.57 Å². The maximum atomic E-state index is 11.5. The van der Waals surface area contributed by atoms with E-state index >= 15 is 0 Å². The molecule has 2 saturated heterocycles. The van der Waals surface area contributed by atoms with Gasteiger partial charge in [0.25, 0.3) is 0 Å². The van der Waals surface area contributed by atoms with E-state index < -0.39 is 32.4 Å². The van der Waals surface area contributed by atoms with Gasteiger partial charge >= 0.3 is 7.82 Å². The Hall–Kier alpha value is -1.07. The minimum atomic E-state index is -4.16. The molecule has 2 aliphatic heterocycles. The van der Waals surface area contributed by atoms with Crippen molar-refractivity contribution >= 4 is 30.7 Å². The van der Waals surface area contributed by atoms with E-state index in [4.69, 9.17) is 13.8 Å². The number of hydrogen-bond acceptors (Lipinski definition) is 9. The van der Waals surface area contributed by atoms with Crippen LogP contribution in [-0.4, -0.2) is 60.2 Å². The topological polar surface area (TPSA) is 129 Å². The van der Waals surface area contributed by atoms with Crippen LogP contribution in [0.3, 0.4) is 0 Å². The number of aliphatic hydroxyl groups excluding tert-OH is 1. The maximum Gasteiger partial charge on any atom is 0.472 e. The lowest BCUT2D eigenvalue weighted by Gasteiger charge is -2.27. The van der Waals surface area contributed by atoms with Crippen LogP contribution in [0.4, 0.5) is 0 Å². The van der Waals surface area contributed by atoms with Gasteiger partial charge in [0.05, 0.1) is 12.9 Å². The van der Waals surface area contributed by atoms with E-state index in [0.29, 0.717) is 11.2 Å². The quantitative estimate of drug-likeness (QED) is 0.450. The molecule has 0 radical (unpaired) electrons. The van der Waals surface area contributed by atoms with Crippen molar-refractivity contribution in [3.8, 4) is 0 Å². The van der Waals surface area contributed by atoms with Gasteiger partial charge in [-0.2, -0.15) is 0 Å². The Balaban J connectivity index is 1.69. The summed E-state index contributed by atoms with van der Waals surface area (Å²) in [7, 11) is -4.16. The summed E-state index contributed by atoms with van der Waals surface area (Å²) in [5.74, 6) is 0.836. The molecule has 24 heavy (non-hydrogen) atoms. The van der Waals surface area contributed by atoms with E-state index in [2.05, 4.69) is 15.0 Å². The van der Waals surface area contributed by atoms with Gasteiger partial charge < -0.3 is 14.7 Å². The first-order valence-electron chi connectivity index (χ1n) is 7.30. The molecule has 2 aromatic heterocycles. The molecule has 0 aliphatic carbocycles. The van der Waals surface area contributed by atoms with Crippen LogP contribution in [-0.2, 0) is 18.3 Å². The van der Waals surface area contributed by atoms with Gasteiger partial charge in [-0.1, -0.05) is 6.92 Å². The molecule has 0 saturated carbocycles. The van der Waals surface area contributed by atoms with Crippen molar-refractivity contribution in [3.63, 3.8) is 0 Å². The van der Waals surface area contributed by atoms with Crippen LogP contribution in [0, 0.1) is 0 Å². The lowest BCUT2D eigenvalue weighted by molar-refractivity contribution is -0.0664. The molecule has 5 atom stereocenters. The number of aliphatic hydroxyl groups is 1. The molecule has 0 amide bonds. The molecule has 4 heterocycles. The number of phosphoric acid groups is 1. The van der Waals surface area contributed by atoms with Crippen molar-refractivity contribution in [2.75, 3.05) is 12.4 Å². The number of phosphoric ester groups is 1. The third-order valence-corrected chi connectivity index (χ3v) is 5.69. The standard InChI is InChI=1S/C12H15N4O6PS/c1-2-24-11-7-10(13-4-14-11)16(5-15-7)12-8(17)9-6(21-12)3-20-23(18,19)22-9/h4-6,8-9,12,17H,2-3H2,1H3,(H,18,19)/t6?,8-,9?,12-/m1/s1. The van der Waals surface area contributed by atoms with Crippen molar-refractivity contribution in [3.05, 3.63) is 12.7 Å². The van der Waals surface area contributed by atoms with Crippen LogP contribution in [0.5, 0.6) is 0 Å². The SMILES string of the molecule is CCSc1ncnc2c1ncn2[C@@H]1OC2COP(=O)(O)OC2[C@H]1O. The van der Waals surface area contributed by atoms with Crippen molar-refractivity contribution in [2.24, 2.45) is 0 Å². The van der Waals surface area contributed by atoms with Gasteiger partial charge in [-0.3, -0.25) is 13.6 Å². The molecule has 2 fully saturated rings. The molecule has 12 heteroatoms. The molecule has 0 aromatic carbocycles. The normalized spacial score (nSPS) is 36.1. The lowest BCUT2D eigenvalue weighted by atomic mass is 10.1. The number of ether oxygens (including phenoxy) is 1. The van der Waals surface area contributed by atoms with Crippen molar-refractivity contribution in [1.82, 2.24) is 19.5 Å². The number of hydrogen-bond donors (Lipinski definition) is 2. The van der Waals surface area contributed by atoms with Gasteiger partial charge in [0.1, 0.15) is 35.2 Å². The summed E-state index contributed by atoms with van der Waals surface area (Å²) in [5.41, 5.74) is 1.12. The van der Waals surface area contributed by atoms with Crippen LogP contribution in [0.1, 0.15) is 13.2 Å². The predicted molar refractivity (Wildman–Crippen MR) is 82.3 cm³/mol. The summed E-state index contributed by atoms with van der Waals surface area (Å²) < 4.78 is 28.6. The minimum absolute atomic E-state index is 0.134. The Labute approximate surface area is 140 Å². The zero-order valence-corrected chi connectivity index (χ0v) is 14.3. The molecule has 2 N–H and O–H groups in total. The molecule has 2 aliphatic rings. The zero-order valence-electron chi connectivity index (χ0n) is 12.6. The van der Waals surface area contributed by atoms with Crippen LogP contribution < -0.4 is 0 Å². The van der Waals surface area contributed by atoms with Crippen LogP contribution in [0.15, 0.2) is 17.7 Å². The monoisotopic (exact) mass is 374 g/mol. The number of imidazole rings is 1. The Morgan fingerprint density at radius 2 is 2.29 bits per heavy atom. The zero-order chi connectivity index (χ0) is 16.9. The summed E-state index contributed by atoms with van der Waals surface area (Å²) in [6, 6.07) is 0. The summed E-state index contributed by atoms with van der Waals surface area (Å²) in [6.07, 6.45) is -0.681. The Bertz CT molecular complexity index is 818. The van der Waals surface area contributed by atoms with Crippen molar-refractivity contribution in [1.29, 1.82) is 0 Å². The Kier molecular flexibility index (Phi) is 4.12. The highest BCUT2D eigenvalue weighted by Gasteiger charge is 2.52.